The van der Waals surface area contributed by atoms with Gasteiger partial charge in [-0.1, -0.05) is 0 Å². The van der Waals surface area contributed by atoms with Gasteiger partial charge in [0, 0.05) is 52.7 Å². The van der Waals surface area contributed by atoms with Crippen LogP contribution in [0.2, 0.25) is 0 Å². The summed E-state index contributed by atoms with van der Waals surface area (Å²) in [6.45, 7) is 7.20. The first kappa shape index (κ1) is 27.1. The second-order valence-electron chi connectivity index (χ2n) is 8.75. The molecule has 2 aromatic carbocycles. The molecule has 2 N–H and O–H groups in total. The number of rotatable bonds is 10. The van der Waals surface area contributed by atoms with E-state index in [4.69, 9.17) is 20.2 Å². The number of amides is 1. The maximum Gasteiger partial charge on any atom is 0.277 e. The van der Waals surface area contributed by atoms with Crippen LogP contribution in [0.1, 0.15) is 23.6 Å². The third-order valence-electron chi connectivity index (χ3n) is 6.23. The van der Waals surface area contributed by atoms with Gasteiger partial charge in [-0.15, -0.1) is 11.3 Å². The molecule has 0 aliphatic carbocycles. The largest absolute Gasteiger partial charge is 0.490 e. The first-order valence-electron chi connectivity index (χ1n) is 12.7. The molecule has 0 bridgehead atoms. The smallest absolute Gasteiger partial charge is 0.277 e. The van der Waals surface area contributed by atoms with Gasteiger partial charge in [-0.05, 0) is 38.1 Å². The van der Waals surface area contributed by atoms with E-state index >= 15 is 4.39 Å². The van der Waals surface area contributed by atoms with Crippen LogP contribution in [0.25, 0.3) is 22.2 Å². The Morgan fingerprint density at radius 2 is 1.85 bits per heavy atom. The van der Waals surface area contributed by atoms with Crippen molar-refractivity contribution in [3.05, 3.63) is 52.9 Å². The molecule has 39 heavy (non-hydrogen) atoms. The molecule has 9 nitrogen and oxygen atoms in total. The van der Waals surface area contributed by atoms with Crippen molar-refractivity contribution in [1.29, 1.82) is 0 Å². The molecule has 1 fully saturated rings. The monoisotopic (exact) mass is 568 g/mol. The highest BCUT2D eigenvalue weighted by atomic mass is 32.2. The molecular formula is C27H29FN6O3S2. The van der Waals surface area contributed by atoms with E-state index in [-0.39, 0.29) is 10.6 Å². The predicted octanol–water partition coefficient (Wildman–Crippen LogP) is 4.93. The molecule has 1 saturated heterocycles. The summed E-state index contributed by atoms with van der Waals surface area (Å²) in [6, 6.07) is 8.64. The highest BCUT2D eigenvalue weighted by molar-refractivity contribution is 7.99. The number of nitrogens with two attached hydrogens (primary N) is 1. The minimum absolute atomic E-state index is 0.132. The predicted molar refractivity (Wildman–Crippen MR) is 154 cm³/mol. The van der Waals surface area contributed by atoms with E-state index in [1.54, 1.807) is 17.5 Å². The zero-order chi connectivity index (χ0) is 27.4. The summed E-state index contributed by atoms with van der Waals surface area (Å²) in [5.41, 5.74) is 7.45. The number of anilines is 2. The topological polar surface area (TPSA) is 107 Å². The number of carbonyl (C=O) groups is 1. The van der Waals surface area contributed by atoms with Gasteiger partial charge in [-0.3, -0.25) is 9.69 Å². The maximum absolute atomic E-state index is 15.1. The Bertz CT molecular complexity index is 1480. The highest BCUT2D eigenvalue weighted by Gasteiger charge is 2.23. The quantitative estimate of drug-likeness (QED) is 0.285. The number of aromatic nitrogens is 3. The van der Waals surface area contributed by atoms with Crippen molar-refractivity contribution in [3.8, 4) is 22.8 Å². The second kappa shape index (κ2) is 12.1. The normalized spacial score (nSPS) is 13.9. The lowest BCUT2D eigenvalue weighted by molar-refractivity contribution is 0.1000. The van der Waals surface area contributed by atoms with E-state index in [2.05, 4.69) is 19.8 Å². The van der Waals surface area contributed by atoms with Crippen LogP contribution in [0.15, 0.2) is 42.0 Å². The minimum Gasteiger partial charge on any atom is -0.490 e. The number of nitrogens with zero attached hydrogens (tertiary/aromatic N) is 5. The molecule has 0 saturated carbocycles. The minimum atomic E-state index is -0.642. The Hall–Kier alpha value is -3.48. The fourth-order valence-electron chi connectivity index (χ4n) is 4.40. The Morgan fingerprint density at radius 1 is 1.10 bits per heavy atom. The molecule has 0 unspecified atom stereocenters. The number of fused-ring (bicyclic) bond motifs is 1. The van der Waals surface area contributed by atoms with Gasteiger partial charge in [-0.25, -0.2) is 19.3 Å². The summed E-state index contributed by atoms with van der Waals surface area (Å²) in [5, 5.41) is 2.55. The number of thiazole rings is 1. The molecular weight excluding hydrogens is 539 g/mol. The zero-order valence-electron chi connectivity index (χ0n) is 21.7. The van der Waals surface area contributed by atoms with E-state index in [0.29, 0.717) is 48.4 Å². The van der Waals surface area contributed by atoms with Gasteiger partial charge in [-0.2, -0.15) is 11.8 Å². The standard InChI is InChI=1S/C27H29FN6O3S2/c1-3-36-23-12-19-21(13-24(23)37-4-2)30-15-31-26(19)34(16-33-7-9-38-10-8-33)17-5-6-20(28)18(11-17)22-14-39-27(32-22)25(29)35/h5-6,11-15H,3-4,7-10,16H2,1-2H3,(H2,29,35). The van der Waals surface area contributed by atoms with Crippen molar-refractivity contribution < 1.29 is 18.7 Å². The van der Waals surface area contributed by atoms with Gasteiger partial charge in [0.1, 0.15) is 18.0 Å². The lowest BCUT2D eigenvalue weighted by Crippen LogP contribution is -2.40. The number of benzene rings is 2. The van der Waals surface area contributed by atoms with E-state index < -0.39 is 11.7 Å². The Morgan fingerprint density at radius 3 is 2.54 bits per heavy atom. The molecule has 2 aromatic heterocycles. The Kier molecular flexibility index (Phi) is 8.44. The van der Waals surface area contributed by atoms with E-state index in [0.717, 1.165) is 47.0 Å². The Labute approximate surface area is 234 Å². The first-order chi connectivity index (χ1) is 19.0. The fraction of sp³-hybridized carbons (Fsp3) is 0.333. The molecule has 5 rings (SSSR count). The van der Waals surface area contributed by atoms with Crippen molar-refractivity contribution in [2.75, 3.05) is 49.4 Å². The van der Waals surface area contributed by atoms with Crippen molar-refractivity contribution in [3.63, 3.8) is 0 Å². The van der Waals surface area contributed by atoms with Crippen LogP contribution in [0.3, 0.4) is 0 Å². The van der Waals surface area contributed by atoms with Gasteiger partial charge < -0.3 is 20.1 Å². The summed E-state index contributed by atoms with van der Waals surface area (Å²) in [7, 11) is 0. The lowest BCUT2D eigenvalue weighted by atomic mass is 10.1. The molecule has 1 amide bonds. The van der Waals surface area contributed by atoms with Crippen LogP contribution in [0, 0.1) is 5.82 Å². The number of hydrogen-bond acceptors (Lipinski definition) is 10. The summed E-state index contributed by atoms with van der Waals surface area (Å²) in [6.07, 6.45) is 1.52. The van der Waals surface area contributed by atoms with E-state index in [1.807, 2.05) is 37.7 Å². The molecule has 12 heteroatoms. The van der Waals surface area contributed by atoms with Crippen molar-refractivity contribution in [2.45, 2.75) is 13.8 Å². The zero-order valence-corrected chi connectivity index (χ0v) is 23.4. The fourth-order valence-corrected chi connectivity index (χ4v) is 6.05. The highest BCUT2D eigenvalue weighted by Crippen LogP contribution is 2.38. The lowest BCUT2D eigenvalue weighted by Gasteiger charge is -2.34. The number of hydrogen-bond donors (Lipinski definition) is 1. The third kappa shape index (κ3) is 5.92. The summed E-state index contributed by atoms with van der Waals surface area (Å²) < 4.78 is 26.8. The number of primary amides is 1. The summed E-state index contributed by atoms with van der Waals surface area (Å²) in [5.74, 6) is 2.88. The summed E-state index contributed by atoms with van der Waals surface area (Å²) in [4.78, 5) is 29.5. The second-order valence-corrected chi connectivity index (χ2v) is 10.8. The van der Waals surface area contributed by atoms with E-state index in [1.165, 1.54) is 12.4 Å². The van der Waals surface area contributed by atoms with Crippen LogP contribution < -0.4 is 20.1 Å². The van der Waals surface area contributed by atoms with Gasteiger partial charge in [0.05, 0.1) is 31.1 Å². The number of carbonyl (C=O) groups excluding carboxylic acids is 1. The molecule has 0 atom stereocenters. The van der Waals surface area contributed by atoms with Crippen LogP contribution in [0.5, 0.6) is 11.5 Å². The number of thioether (sulfide) groups is 1. The van der Waals surface area contributed by atoms with Gasteiger partial charge in [0.15, 0.2) is 16.5 Å². The molecule has 0 spiro atoms. The molecule has 1 aliphatic rings. The van der Waals surface area contributed by atoms with Crippen LogP contribution >= 0.6 is 23.1 Å². The van der Waals surface area contributed by atoms with Gasteiger partial charge in [0.25, 0.3) is 5.91 Å². The van der Waals surface area contributed by atoms with Crippen molar-refractivity contribution in [1.82, 2.24) is 19.9 Å². The molecule has 204 valence electrons. The Balaban J connectivity index is 1.64. The molecule has 1 aliphatic heterocycles. The summed E-state index contributed by atoms with van der Waals surface area (Å²) >= 11 is 3.02. The number of ether oxygens (including phenoxy) is 2. The SMILES string of the molecule is CCOc1cc2ncnc(N(CN3CCSCC3)c3ccc(F)c(-c4csc(C(N)=O)n4)c3)c2cc1OCC. The first-order valence-corrected chi connectivity index (χ1v) is 14.7. The van der Waals surface area contributed by atoms with Gasteiger partial charge >= 0.3 is 0 Å². The average molecular weight is 569 g/mol. The maximum atomic E-state index is 15.1. The number of halogens is 1. The van der Waals surface area contributed by atoms with Crippen molar-refractivity contribution >= 4 is 51.4 Å². The van der Waals surface area contributed by atoms with Crippen molar-refractivity contribution in [2.24, 2.45) is 5.73 Å². The van der Waals surface area contributed by atoms with Crippen LogP contribution in [-0.4, -0.2) is 70.2 Å². The van der Waals surface area contributed by atoms with Crippen LogP contribution in [0.4, 0.5) is 15.9 Å². The average Bonchev–Trinajstić information content (AvgIpc) is 3.44. The molecule has 4 aromatic rings. The molecule has 3 heterocycles. The van der Waals surface area contributed by atoms with Gasteiger partial charge in [0.2, 0.25) is 0 Å². The third-order valence-corrected chi connectivity index (χ3v) is 8.03. The molecule has 0 radical (unpaired) electrons. The van der Waals surface area contributed by atoms with Crippen LogP contribution in [-0.2, 0) is 0 Å². The van der Waals surface area contributed by atoms with E-state index in [9.17, 15) is 4.79 Å².